The average Bonchev–Trinajstić information content (AvgIpc) is 2.07. The zero-order valence-electron chi connectivity index (χ0n) is 8.99. The van der Waals surface area contributed by atoms with E-state index in [0.29, 0.717) is 5.41 Å². The van der Waals surface area contributed by atoms with Crippen molar-refractivity contribution in [1.82, 2.24) is 0 Å². The number of hydrogen-bond acceptors (Lipinski definition) is 0. The quantitative estimate of drug-likeness (QED) is 0.589. The Kier molecular flexibility index (Phi) is 6.25. The first kappa shape index (κ1) is 12.5. The maximum Gasteiger partial charge on any atom is 0.00879 e. The third kappa shape index (κ3) is 3.08. The van der Waals surface area contributed by atoms with Gasteiger partial charge in [0.2, 0.25) is 0 Å². The lowest BCUT2D eigenvalue weighted by molar-refractivity contribution is 0.189. The molecule has 1 unspecified atom stereocenters. The Labute approximate surface area is 86.3 Å². The van der Waals surface area contributed by atoms with Crippen LogP contribution < -0.4 is 0 Å². The molecule has 74 valence electrons. The van der Waals surface area contributed by atoms with Crippen molar-refractivity contribution in [2.45, 2.75) is 53.4 Å². The highest BCUT2D eigenvalue weighted by molar-refractivity contribution is 9.09. The summed E-state index contributed by atoms with van der Waals surface area (Å²) in [7, 11) is 0. The van der Waals surface area contributed by atoms with Crippen molar-refractivity contribution in [1.29, 1.82) is 0 Å². The molecule has 0 aliphatic carbocycles. The van der Waals surface area contributed by atoms with E-state index in [-0.39, 0.29) is 0 Å². The van der Waals surface area contributed by atoms with Gasteiger partial charge in [0, 0.05) is 5.33 Å². The van der Waals surface area contributed by atoms with Crippen LogP contribution in [0.2, 0.25) is 0 Å². The predicted octanol–water partition coefficient (Wildman–Crippen LogP) is 4.62. The van der Waals surface area contributed by atoms with Gasteiger partial charge in [-0.05, 0) is 17.8 Å². The van der Waals surface area contributed by atoms with Gasteiger partial charge in [-0.2, -0.15) is 0 Å². The smallest absolute Gasteiger partial charge is 0.00879 e. The lowest BCUT2D eigenvalue weighted by atomic mass is 9.73. The molecule has 0 aromatic carbocycles. The zero-order valence-corrected chi connectivity index (χ0v) is 10.6. The fourth-order valence-corrected chi connectivity index (χ4v) is 2.96. The van der Waals surface area contributed by atoms with Crippen LogP contribution in [0.25, 0.3) is 0 Å². The Balaban J connectivity index is 4.24. The second kappa shape index (κ2) is 6.01. The van der Waals surface area contributed by atoms with Gasteiger partial charge in [0.05, 0.1) is 0 Å². The van der Waals surface area contributed by atoms with Gasteiger partial charge in [-0.15, -0.1) is 0 Å². The number of rotatable bonds is 6. The highest BCUT2D eigenvalue weighted by Crippen LogP contribution is 2.38. The van der Waals surface area contributed by atoms with Crippen LogP contribution in [0, 0.1) is 11.3 Å². The Morgan fingerprint density at radius 3 is 1.92 bits per heavy atom. The van der Waals surface area contributed by atoms with E-state index < -0.39 is 0 Å². The minimum absolute atomic E-state index is 0.526. The summed E-state index contributed by atoms with van der Waals surface area (Å²) in [6, 6.07) is 0. The molecule has 0 rings (SSSR count). The van der Waals surface area contributed by atoms with E-state index in [1.54, 1.807) is 0 Å². The van der Waals surface area contributed by atoms with Crippen molar-refractivity contribution in [3.05, 3.63) is 0 Å². The summed E-state index contributed by atoms with van der Waals surface area (Å²) in [4.78, 5) is 0. The van der Waals surface area contributed by atoms with Crippen molar-refractivity contribution >= 4 is 15.9 Å². The van der Waals surface area contributed by atoms with Gasteiger partial charge in [-0.1, -0.05) is 62.9 Å². The monoisotopic (exact) mass is 234 g/mol. The summed E-state index contributed by atoms with van der Waals surface area (Å²) >= 11 is 3.66. The highest BCUT2D eigenvalue weighted by Gasteiger charge is 2.29. The van der Waals surface area contributed by atoms with E-state index in [0.717, 1.165) is 11.2 Å². The van der Waals surface area contributed by atoms with Gasteiger partial charge < -0.3 is 0 Å². The molecule has 1 heteroatoms. The number of alkyl halides is 1. The summed E-state index contributed by atoms with van der Waals surface area (Å²) in [5, 5.41) is 1.15. The van der Waals surface area contributed by atoms with E-state index >= 15 is 0 Å². The van der Waals surface area contributed by atoms with Crippen LogP contribution in [0.1, 0.15) is 53.4 Å². The molecule has 0 aliphatic heterocycles. The molecule has 0 nitrogen and oxygen atoms in total. The fourth-order valence-electron chi connectivity index (χ4n) is 2.23. The first-order valence-corrected chi connectivity index (χ1v) is 6.32. The minimum atomic E-state index is 0.526. The van der Waals surface area contributed by atoms with Crippen LogP contribution in [0.15, 0.2) is 0 Å². The Hall–Kier alpha value is 0.480. The van der Waals surface area contributed by atoms with Crippen molar-refractivity contribution in [2.75, 3.05) is 5.33 Å². The Morgan fingerprint density at radius 1 is 1.17 bits per heavy atom. The number of halogens is 1. The van der Waals surface area contributed by atoms with E-state index in [2.05, 4.69) is 43.6 Å². The molecule has 0 spiro atoms. The molecule has 0 amide bonds. The third-order valence-corrected chi connectivity index (χ3v) is 4.38. The molecule has 0 N–H and O–H groups in total. The Bertz CT molecular complexity index is 108. The first-order valence-electron chi connectivity index (χ1n) is 5.20. The lowest BCUT2D eigenvalue weighted by Gasteiger charge is -2.35. The van der Waals surface area contributed by atoms with Crippen molar-refractivity contribution in [3.8, 4) is 0 Å². The maximum absolute atomic E-state index is 3.66. The highest BCUT2D eigenvalue weighted by atomic mass is 79.9. The minimum Gasteiger partial charge on any atom is -0.0922 e. The van der Waals surface area contributed by atoms with E-state index in [9.17, 15) is 0 Å². The molecule has 0 saturated carbocycles. The van der Waals surface area contributed by atoms with Crippen LogP contribution in [-0.2, 0) is 0 Å². The fraction of sp³-hybridized carbons (Fsp3) is 1.00. The molecule has 0 aliphatic rings. The summed E-state index contributed by atoms with van der Waals surface area (Å²) in [6.07, 6.45) is 5.29. The number of hydrogen-bond donors (Lipinski definition) is 0. The molecular formula is C11H23Br. The van der Waals surface area contributed by atoms with E-state index in [1.165, 1.54) is 25.7 Å². The first-order chi connectivity index (χ1) is 5.64. The predicted molar refractivity (Wildman–Crippen MR) is 60.9 cm³/mol. The molecule has 12 heavy (non-hydrogen) atoms. The molecule has 0 radical (unpaired) electrons. The maximum atomic E-state index is 3.66. The van der Waals surface area contributed by atoms with Gasteiger partial charge in [-0.25, -0.2) is 0 Å². The average molecular weight is 235 g/mol. The molecular weight excluding hydrogens is 212 g/mol. The largest absolute Gasteiger partial charge is 0.0922 e. The van der Waals surface area contributed by atoms with Crippen molar-refractivity contribution < 1.29 is 0 Å². The van der Waals surface area contributed by atoms with Crippen LogP contribution in [0.4, 0.5) is 0 Å². The van der Waals surface area contributed by atoms with Gasteiger partial charge in [0.1, 0.15) is 0 Å². The van der Waals surface area contributed by atoms with E-state index in [1.807, 2.05) is 0 Å². The molecule has 0 aromatic rings. The molecule has 0 aromatic heterocycles. The SMILES string of the molecule is CCCC(C)(CBr)C(CC)CC. The van der Waals surface area contributed by atoms with Crippen LogP contribution >= 0.6 is 15.9 Å². The second-order valence-corrected chi connectivity index (χ2v) is 4.61. The molecule has 0 heterocycles. The van der Waals surface area contributed by atoms with Crippen molar-refractivity contribution in [3.63, 3.8) is 0 Å². The topological polar surface area (TPSA) is 0 Å². The summed E-state index contributed by atoms with van der Waals surface area (Å²) in [6.45, 7) is 9.32. The second-order valence-electron chi connectivity index (χ2n) is 4.05. The van der Waals surface area contributed by atoms with Crippen LogP contribution in [0.5, 0.6) is 0 Å². The zero-order chi connectivity index (χ0) is 9.61. The summed E-state index contributed by atoms with van der Waals surface area (Å²) in [5.41, 5.74) is 0.526. The Morgan fingerprint density at radius 2 is 1.67 bits per heavy atom. The third-order valence-electron chi connectivity index (χ3n) is 3.10. The molecule has 0 saturated heterocycles. The van der Waals surface area contributed by atoms with Gasteiger partial charge >= 0.3 is 0 Å². The molecule has 0 bridgehead atoms. The lowest BCUT2D eigenvalue weighted by Crippen LogP contribution is -2.28. The van der Waals surface area contributed by atoms with E-state index in [4.69, 9.17) is 0 Å². The van der Waals surface area contributed by atoms with Gasteiger partial charge in [0.25, 0.3) is 0 Å². The van der Waals surface area contributed by atoms with Crippen molar-refractivity contribution in [2.24, 2.45) is 11.3 Å². The normalized spacial score (nSPS) is 16.5. The summed E-state index contributed by atoms with van der Waals surface area (Å²) in [5.74, 6) is 0.886. The summed E-state index contributed by atoms with van der Waals surface area (Å²) < 4.78 is 0. The molecule has 1 atom stereocenters. The van der Waals surface area contributed by atoms with Crippen LogP contribution in [0.3, 0.4) is 0 Å². The van der Waals surface area contributed by atoms with Gasteiger partial charge in [0.15, 0.2) is 0 Å². The van der Waals surface area contributed by atoms with Crippen LogP contribution in [-0.4, -0.2) is 5.33 Å². The standard InChI is InChI=1S/C11H23Br/c1-5-8-11(4,9-12)10(6-2)7-3/h10H,5-9H2,1-4H3. The molecule has 0 fully saturated rings. The van der Waals surface area contributed by atoms with Gasteiger partial charge in [-0.3, -0.25) is 0 Å².